The van der Waals surface area contributed by atoms with Crippen LogP contribution in [0.15, 0.2) is 28.4 Å². The van der Waals surface area contributed by atoms with Gasteiger partial charge in [-0.25, -0.2) is 15.0 Å². The van der Waals surface area contributed by atoms with Crippen molar-refractivity contribution >= 4 is 11.7 Å². The van der Waals surface area contributed by atoms with Crippen LogP contribution in [0.3, 0.4) is 0 Å². The number of pyridine rings is 1. The molecule has 0 aromatic carbocycles. The van der Waals surface area contributed by atoms with E-state index in [-0.39, 0.29) is 6.04 Å². The van der Waals surface area contributed by atoms with Crippen molar-refractivity contribution in [2.24, 2.45) is 15.7 Å². The third kappa shape index (κ3) is 3.62. The topological polar surface area (TPSA) is 99.9 Å². The summed E-state index contributed by atoms with van der Waals surface area (Å²) in [7, 11) is 1.58. The average molecular weight is 342 g/mol. The smallest absolute Gasteiger partial charge is 0.216 e. The molecule has 3 rings (SSSR count). The highest BCUT2D eigenvalue weighted by atomic mass is 16.5. The van der Waals surface area contributed by atoms with Crippen LogP contribution < -0.4 is 15.2 Å². The van der Waals surface area contributed by atoms with Gasteiger partial charge < -0.3 is 19.8 Å². The highest BCUT2D eigenvalue weighted by Gasteiger charge is 2.21. The second-order valence-electron chi connectivity index (χ2n) is 6.01. The number of hydrogen-bond acceptors (Lipinski definition) is 5. The first kappa shape index (κ1) is 16.9. The molecule has 0 spiro atoms. The number of fused-ring (bicyclic) bond motifs is 3. The lowest BCUT2D eigenvalue weighted by molar-refractivity contribution is 0.303. The van der Waals surface area contributed by atoms with Gasteiger partial charge in [-0.3, -0.25) is 4.99 Å². The minimum Gasteiger partial charge on any atom is -0.491 e. The van der Waals surface area contributed by atoms with Gasteiger partial charge in [0.15, 0.2) is 5.84 Å². The number of rotatable bonds is 3. The van der Waals surface area contributed by atoms with E-state index in [0.29, 0.717) is 42.1 Å². The number of nitrogens with two attached hydrogens (primary N) is 1. The zero-order chi connectivity index (χ0) is 18.0. The molecule has 8 nitrogen and oxygen atoms in total. The number of amidine groups is 2. The molecule has 8 heteroatoms. The number of aliphatic imine (C=N–C) groups is 2. The number of hydrogen-bond donors (Lipinski definition) is 1. The molecule has 0 amide bonds. The Morgan fingerprint density at radius 2 is 2.24 bits per heavy atom. The molecule has 0 atom stereocenters. The number of aromatic nitrogens is 3. The van der Waals surface area contributed by atoms with Crippen LogP contribution >= 0.6 is 0 Å². The zero-order valence-corrected chi connectivity index (χ0v) is 14.9. The molecule has 0 saturated heterocycles. The molecule has 25 heavy (non-hydrogen) atoms. The minimum atomic E-state index is 0.0844. The molecule has 0 saturated carbocycles. The predicted molar refractivity (Wildman–Crippen MR) is 96.5 cm³/mol. The lowest BCUT2D eigenvalue weighted by Gasteiger charge is -2.07. The second-order valence-corrected chi connectivity index (χ2v) is 6.01. The van der Waals surface area contributed by atoms with Gasteiger partial charge in [0, 0.05) is 24.5 Å². The van der Waals surface area contributed by atoms with Gasteiger partial charge in [-0.2, -0.15) is 0 Å². The van der Waals surface area contributed by atoms with Crippen LogP contribution in [0.2, 0.25) is 0 Å². The number of nitrogens with zero attached hydrogens (tertiary/aromatic N) is 5. The van der Waals surface area contributed by atoms with Crippen molar-refractivity contribution < 1.29 is 9.47 Å². The molecule has 0 aliphatic carbocycles. The van der Waals surface area contributed by atoms with E-state index in [1.165, 1.54) is 0 Å². The van der Waals surface area contributed by atoms with Crippen LogP contribution in [0.4, 0.5) is 0 Å². The predicted octanol–water partition coefficient (Wildman–Crippen LogP) is 1.88. The summed E-state index contributed by atoms with van der Waals surface area (Å²) in [6.45, 7) is 6.90. The Kier molecular flexibility index (Phi) is 4.69. The number of ether oxygens (including phenoxy) is 2. The van der Waals surface area contributed by atoms with Crippen molar-refractivity contribution in [3.8, 4) is 23.0 Å². The molecule has 2 aromatic heterocycles. The number of imidazole rings is 1. The molecular weight excluding hydrogens is 320 g/mol. The molecule has 1 aliphatic heterocycles. The van der Waals surface area contributed by atoms with Crippen LogP contribution in [-0.4, -0.2) is 46.0 Å². The van der Waals surface area contributed by atoms with Crippen molar-refractivity contribution in [3.05, 3.63) is 24.2 Å². The van der Waals surface area contributed by atoms with Gasteiger partial charge in [-0.1, -0.05) is 0 Å². The van der Waals surface area contributed by atoms with Crippen molar-refractivity contribution in [2.75, 3.05) is 13.7 Å². The zero-order valence-electron chi connectivity index (χ0n) is 14.9. The fourth-order valence-corrected chi connectivity index (χ4v) is 2.54. The molecule has 0 fully saturated rings. The van der Waals surface area contributed by atoms with E-state index in [4.69, 9.17) is 20.2 Å². The third-order valence-corrected chi connectivity index (χ3v) is 3.55. The average Bonchev–Trinajstić information content (AvgIpc) is 2.90. The van der Waals surface area contributed by atoms with Crippen molar-refractivity contribution in [1.82, 2.24) is 14.5 Å². The van der Waals surface area contributed by atoms with Gasteiger partial charge >= 0.3 is 0 Å². The van der Waals surface area contributed by atoms with E-state index in [0.717, 1.165) is 11.4 Å². The fraction of sp³-hybridized carbons (Fsp3) is 0.412. The summed E-state index contributed by atoms with van der Waals surface area (Å²) in [5.41, 5.74) is 7.24. The Labute approximate surface area is 146 Å². The van der Waals surface area contributed by atoms with Crippen molar-refractivity contribution in [1.29, 1.82) is 0 Å². The molecule has 0 radical (unpaired) electrons. The summed E-state index contributed by atoms with van der Waals surface area (Å²) in [5.74, 6) is 2.93. The van der Waals surface area contributed by atoms with Crippen LogP contribution in [0.25, 0.3) is 11.4 Å². The first-order valence-corrected chi connectivity index (χ1v) is 8.11. The van der Waals surface area contributed by atoms with E-state index in [9.17, 15) is 0 Å². The maximum atomic E-state index is 5.80. The molecular formula is C17H22N6O2. The van der Waals surface area contributed by atoms with Gasteiger partial charge in [0.1, 0.15) is 23.9 Å². The highest BCUT2D eigenvalue weighted by molar-refractivity contribution is 6.04. The van der Waals surface area contributed by atoms with Crippen LogP contribution in [0.1, 0.15) is 26.5 Å². The first-order chi connectivity index (χ1) is 12.0. The molecule has 1 aliphatic rings. The first-order valence-electron chi connectivity index (χ1n) is 8.11. The highest BCUT2D eigenvalue weighted by Crippen LogP contribution is 2.33. The molecule has 132 valence electrons. The lowest BCUT2D eigenvalue weighted by Crippen LogP contribution is -2.12. The van der Waals surface area contributed by atoms with Crippen molar-refractivity contribution in [3.63, 3.8) is 0 Å². The SMILES string of the molecule is COc1cc2c(cn1)-c1nc(C(N=C(C)N)=NC(C)C)cn1CCO2. The molecule has 0 bridgehead atoms. The Balaban J connectivity index is 2.10. The summed E-state index contributed by atoms with van der Waals surface area (Å²) in [6.07, 6.45) is 3.63. The summed E-state index contributed by atoms with van der Waals surface area (Å²) in [4.78, 5) is 17.9. The Morgan fingerprint density at radius 1 is 1.44 bits per heavy atom. The Hall–Kier alpha value is -2.90. The van der Waals surface area contributed by atoms with Crippen LogP contribution in [0, 0.1) is 0 Å². The Bertz CT molecular complexity index is 834. The largest absolute Gasteiger partial charge is 0.491 e. The minimum absolute atomic E-state index is 0.0844. The van der Waals surface area contributed by atoms with Gasteiger partial charge in [0.05, 0.1) is 25.1 Å². The fourth-order valence-electron chi connectivity index (χ4n) is 2.54. The van der Waals surface area contributed by atoms with Gasteiger partial charge in [0.25, 0.3) is 0 Å². The normalized spacial score (nSPS) is 14.6. The van der Waals surface area contributed by atoms with Crippen molar-refractivity contribution in [2.45, 2.75) is 33.4 Å². The second kappa shape index (κ2) is 6.92. The maximum absolute atomic E-state index is 5.80. The Morgan fingerprint density at radius 3 is 2.92 bits per heavy atom. The third-order valence-electron chi connectivity index (χ3n) is 3.55. The van der Waals surface area contributed by atoms with E-state index in [2.05, 4.69) is 15.0 Å². The number of methoxy groups -OCH3 is 1. The molecule has 3 heterocycles. The molecule has 2 aromatic rings. The van der Waals surface area contributed by atoms with E-state index in [1.54, 1.807) is 26.3 Å². The quantitative estimate of drug-likeness (QED) is 0.678. The monoisotopic (exact) mass is 342 g/mol. The van der Waals surface area contributed by atoms with E-state index in [1.807, 2.05) is 24.6 Å². The molecule has 2 N–H and O–H groups in total. The van der Waals surface area contributed by atoms with Gasteiger partial charge in [-0.05, 0) is 20.8 Å². The summed E-state index contributed by atoms with van der Waals surface area (Å²) in [6, 6.07) is 1.85. The lowest BCUT2D eigenvalue weighted by atomic mass is 10.2. The summed E-state index contributed by atoms with van der Waals surface area (Å²) < 4.78 is 13.0. The van der Waals surface area contributed by atoms with Crippen LogP contribution in [0.5, 0.6) is 11.6 Å². The van der Waals surface area contributed by atoms with Crippen LogP contribution in [-0.2, 0) is 6.54 Å². The summed E-state index contributed by atoms with van der Waals surface area (Å²) >= 11 is 0. The summed E-state index contributed by atoms with van der Waals surface area (Å²) in [5, 5.41) is 0. The van der Waals surface area contributed by atoms with Gasteiger partial charge in [-0.15, -0.1) is 0 Å². The molecule has 0 unspecified atom stereocenters. The standard InChI is InChI=1S/C17H22N6O2/c1-10(2)20-16(21-11(3)18)13-9-23-5-6-25-14-7-15(24-4)19-8-12(14)17(23)22-13/h7-10H,5-6H2,1-4H3,(H2,18,20,21). The van der Waals surface area contributed by atoms with Gasteiger partial charge in [0.2, 0.25) is 5.88 Å². The van der Waals surface area contributed by atoms with E-state index < -0.39 is 0 Å². The maximum Gasteiger partial charge on any atom is 0.216 e. The van der Waals surface area contributed by atoms with E-state index >= 15 is 0 Å².